The van der Waals surface area contributed by atoms with Crippen molar-refractivity contribution in [1.82, 2.24) is 15.1 Å². The first-order valence-corrected chi connectivity index (χ1v) is 18.6. The monoisotopic (exact) mass is 749 g/mol. The van der Waals surface area contributed by atoms with E-state index < -0.39 is 24.0 Å². The van der Waals surface area contributed by atoms with E-state index in [0.29, 0.717) is 79.0 Å². The van der Waals surface area contributed by atoms with E-state index in [4.69, 9.17) is 37.9 Å². The Labute approximate surface area is 318 Å². The Bertz CT molecular complexity index is 1660. The molecule has 0 aromatic heterocycles. The maximum Gasteiger partial charge on any atom is 0.330 e. The molecular formula is C41H55N3O10. The molecule has 1 N–H and O–H groups in total. The van der Waals surface area contributed by atoms with Gasteiger partial charge in [0.2, 0.25) is 11.7 Å². The van der Waals surface area contributed by atoms with Crippen molar-refractivity contribution in [2.24, 2.45) is 0 Å². The van der Waals surface area contributed by atoms with E-state index in [9.17, 15) is 9.59 Å². The average molecular weight is 750 g/mol. The van der Waals surface area contributed by atoms with Crippen LogP contribution in [0.15, 0.2) is 54.6 Å². The van der Waals surface area contributed by atoms with Gasteiger partial charge in [0.25, 0.3) is 0 Å². The molecule has 2 aliphatic heterocycles. The van der Waals surface area contributed by atoms with Crippen molar-refractivity contribution in [3.8, 4) is 34.5 Å². The Hall–Kier alpha value is -4.72. The lowest BCUT2D eigenvalue weighted by molar-refractivity contribution is -0.161. The molecule has 13 nitrogen and oxygen atoms in total. The number of carbonyl (C=O) groups excluding carboxylic acids is 2. The number of benzene rings is 3. The van der Waals surface area contributed by atoms with E-state index >= 15 is 0 Å². The van der Waals surface area contributed by atoms with Gasteiger partial charge in [-0.3, -0.25) is 9.69 Å². The van der Waals surface area contributed by atoms with Crippen molar-refractivity contribution in [1.29, 1.82) is 0 Å². The number of hydrogen-bond donors (Lipinski definition) is 1. The summed E-state index contributed by atoms with van der Waals surface area (Å²) in [5, 5.41) is 3.29. The fraction of sp³-hybridized carbons (Fsp3) is 0.512. The molecule has 5 rings (SSSR count). The highest BCUT2D eigenvalue weighted by Crippen LogP contribution is 2.41. The molecular weight excluding hydrogens is 694 g/mol. The Morgan fingerprint density at radius 2 is 1.56 bits per heavy atom. The summed E-state index contributed by atoms with van der Waals surface area (Å²) in [5.41, 5.74) is 2.51. The van der Waals surface area contributed by atoms with Crippen LogP contribution in [0.2, 0.25) is 0 Å². The molecule has 0 bridgehead atoms. The number of nitrogens with zero attached hydrogens (tertiary/aromatic N) is 2. The molecule has 3 aromatic rings. The summed E-state index contributed by atoms with van der Waals surface area (Å²) >= 11 is 0. The molecule has 0 spiro atoms. The number of nitrogens with one attached hydrogen (secondary N) is 1. The van der Waals surface area contributed by atoms with Crippen molar-refractivity contribution >= 4 is 11.9 Å². The van der Waals surface area contributed by atoms with Gasteiger partial charge in [-0.25, -0.2) is 4.79 Å². The highest BCUT2D eigenvalue weighted by Gasteiger charge is 2.38. The molecule has 13 heteroatoms. The third kappa shape index (κ3) is 10.1. The molecule has 294 valence electrons. The zero-order valence-corrected chi connectivity index (χ0v) is 32.4. The summed E-state index contributed by atoms with van der Waals surface area (Å²) in [4.78, 5) is 32.6. The number of rotatable bonds is 18. The van der Waals surface area contributed by atoms with Crippen LogP contribution in [0.25, 0.3) is 0 Å². The van der Waals surface area contributed by atoms with Crippen molar-refractivity contribution in [2.75, 3.05) is 94.6 Å². The minimum Gasteiger partial charge on any atom is -0.493 e. The van der Waals surface area contributed by atoms with Gasteiger partial charge in [-0.1, -0.05) is 25.1 Å². The highest BCUT2D eigenvalue weighted by atomic mass is 16.5. The minimum absolute atomic E-state index is 0.173. The molecule has 54 heavy (non-hydrogen) atoms. The fourth-order valence-corrected chi connectivity index (χ4v) is 7.00. The van der Waals surface area contributed by atoms with E-state index in [0.717, 1.165) is 44.0 Å². The number of ether oxygens (including phenoxy) is 8. The summed E-state index contributed by atoms with van der Waals surface area (Å²) in [7, 11) is 7.83. The van der Waals surface area contributed by atoms with Crippen LogP contribution in [0.1, 0.15) is 48.5 Å². The topological polar surface area (TPSA) is 126 Å². The summed E-state index contributed by atoms with van der Waals surface area (Å²) < 4.78 is 45.7. The molecule has 3 atom stereocenters. The van der Waals surface area contributed by atoms with Crippen LogP contribution < -0.4 is 33.7 Å². The van der Waals surface area contributed by atoms with Crippen LogP contribution in [0.4, 0.5) is 0 Å². The first-order chi connectivity index (χ1) is 26.3. The number of esters is 1. The Balaban J connectivity index is 1.37. The second-order valence-corrected chi connectivity index (χ2v) is 13.2. The standard InChI is InChI=1S/C41H55N3O10/c1-7-32(30-25-37(49-4)39(51-6)38(26-30)50-5)40(45)44-16-15-42-27-33(44)41(46)54-34(13-11-28-12-14-35(47-2)36(23-28)48-3)29-9-8-10-31(24-29)53-22-19-43-17-20-52-21-18-43/h8-10,12,14,23-26,32-34,42H,7,11,13,15-22,27H2,1-6H3. The summed E-state index contributed by atoms with van der Waals surface area (Å²) in [6.45, 7) is 7.65. The lowest BCUT2D eigenvalue weighted by atomic mass is 9.93. The van der Waals surface area contributed by atoms with Crippen LogP contribution in [0.5, 0.6) is 34.5 Å². The van der Waals surface area contributed by atoms with Crippen LogP contribution in [0, 0.1) is 0 Å². The quantitative estimate of drug-likeness (QED) is 0.182. The SMILES string of the molecule is CCC(C(=O)N1CCNCC1C(=O)OC(CCc1ccc(OC)c(OC)c1)c1cccc(OCCN2CCOCC2)c1)c1cc(OC)c(OC)c(OC)c1. The Kier molecular flexibility index (Phi) is 15.1. The molecule has 2 fully saturated rings. The van der Waals surface area contributed by atoms with Crippen LogP contribution in [-0.2, 0) is 25.5 Å². The van der Waals surface area contributed by atoms with E-state index in [1.54, 1.807) is 45.5 Å². The second-order valence-electron chi connectivity index (χ2n) is 13.2. The zero-order chi connectivity index (χ0) is 38.5. The summed E-state index contributed by atoms with van der Waals surface area (Å²) in [5.74, 6) is 2.11. The van der Waals surface area contributed by atoms with Gasteiger partial charge in [0.1, 0.15) is 24.5 Å². The van der Waals surface area contributed by atoms with E-state index in [2.05, 4.69) is 10.2 Å². The van der Waals surface area contributed by atoms with Crippen LogP contribution >= 0.6 is 0 Å². The smallest absolute Gasteiger partial charge is 0.330 e. The number of carbonyl (C=O) groups is 2. The van der Waals surface area contributed by atoms with Gasteiger partial charge in [0.05, 0.1) is 54.7 Å². The number of aryl methyl sites for hydroxylation is 1. The fourth-order valence-electron chi connectivity index (χ4n) is 7.00. The highest BCUT2D eigenvalue weighted by molar-refractivity contribution is 5.89. The largest absolute Gasteiger partial charge is 0.493 e. The van der Waals surface area contributed by atoms with E-state index in [-0.39, 0.29) is 12.5 Å². The lowest BCUT2D eigenvalue weighted by Crippen LogP contribution is -2.58. The first kappa shape index (κ1) is 40.5. The van der Waals surface area contributed by atoms with Gasteiger partial charge in [0.15, 0.2) is 23.0 Å². The van der Waals surface area contributed by atoms with Gasteiger partial charge >= 0.3 is 5.97 Å². The van der Waals surface area contributed by atoms with Crippen LogP contribution in [0.3, 0.4) is 0 Å². The number of amides is 1. The Morgan fingerprint density at radius 3 is 2.22 bits per heavy atom. The number of methoxy groups -OCH3 is 5. The zero-order valence-electron chi connectivity index (χ0n) is 32.4. The molecule has 2 saturated heterocycles. The summed E-state index contributed by atoms with van der Waals surface area (Å²) in [6, 6.07) is 16.2. The van der Waals surface area contributed by atoms with E-state index in [1.807, 2.05) is 49.4 Å². The minimum atomic E-state index is -0.834. The predicted molar refractivity (Wildman–Crippen MR) is 203 cm³/mol. The van der Waals surface area contributed by atoms with Crippen molar-refractivity contribution in [3.63, 3.8) is 0 Å². The Morgan fingerprint density at radius 1 is 0.833 bits per heavy atom. The van der Waals surface area contributed by atoms with Gasteiger partial charge in [0, 0.05) is 39.3 Å². The third-order valence-electron chi connectivity index (χ3n) is 10.0. The van der Waals surface area contributed by atoms with Crippen molar-refractivity contribution in [2.45, 2.75) is 44.2 Å². The van der Waals surface area contributed by atoms with E-state index in [1.165, 1.54) is 7.11 Å². The predicted octanol–water partition coefficient (Wildman–Crippen LogP) is 4.65. The maximum atomic E-state index is 14.4. The second kappa shape index (κ2) is 20.1. The molecule has 0 saturated carbocycles. The van der Waals surface area contributed by atoms with Crippen molar-refractivity contribution < 1.29 is 47.5 Å². The maximum absolute atomic E-state index is 14.4. The first-order valence-electron chi connectivity index (χ1n) is 18.6. The molecule has 0 radical (unpaired) electrons. The number of morpholine rings is 1. The number of hydrogen-bond acceptors (Lipinski definition) is 12. The lowest BCUT2D eigenvalue weighted by Gasteiger charge is -2.37. The molecule has 3 aromatic carbocycles. The normalized spacial score (nSPS) is 17.2. The molecule has 0 aliphatic carbocycles. The van der Waals surface area contributed by atoms with Gasteiger partial charge < -0.3 is 48.1 Å². The molecule has 2 heterocycles. The molecule has 3 unspecified atom stereocenters. The van der Waals surface area contributed by atoms with Crippen molar-refractivity contribution in [3.05, 3.63) is 71.3 Å². The summed E-state index contributed by atoms with van der Waals surface area (Å²) in [6.07, 6.45) is 0.945. The average Bonchev–Trinajstić information content (AvgIpc) is 3.22. The van der Waals surface area contributed by atoms with Gasteiger partial charge in [-0.05, 0) is 72.4 Å². The van der Waals surface area contributed by atoms with Gasteiger partial charge in [-0.15, -0.1) is 0 Å². The number of piperazine rings is 1. The van der Waals surface area contributed by atoms with Gasteiger partial charge in [-0.2, -0.15) is 0 Å². The van der Waals surface area contributed by atoms with Crippen LogP contribution in [-0.4, -0.2) is 122 Å². The molecule has 1 amide bonds. The third-order valence-corrected chi connectivity index (χ3v) is 10.0. The molecule has 2 aliphatic rings.